The molecular weight excluding hydrogens is 542 g/mol. The van der Waals surface area contributed by atoms with Crippen molar-refractivity contribution in [3.05, 3.63) is 89.5 Å². The minimum Gasteiger partial charge on any atom is -0.394 e. The van der Waals surface area contributed by atoms with E-state index in [2.05, 4.69) is 0 Å². The number of fused-ring (bicyclic) bond motifs is 2. The lowest BCUT2D eigenvalue weighted by Gasteiger charge is -2.39. The molecule has 2 aromatic rings. The maximum absolute atomic E-state index is 14.5. The van der Waals surface area contributed by atoms with Gasteiger partial charge in [0.2, 0.25) is 11.8 Å². The second-order valence-electron chi connectivity index (χ2n) is 11.5. The molecule has 2 saturated heterocycles. The molecule has 0 aliphatic carbocycles. The van der Waals surface area contributed by atoms with Crippen molar-refractivity contribution in [2.45, 2.75) is 44.2 Å². The molecule has 4 heterocycles. The second kappa shape index (κ2) is 10.7. The number of hydrogen-bond acceptors (Lipinski definition) is 5. The van der Waals surface area contributed by atoms with Crippen LogP contribution in [0.5, 0.6) is 0 Å². The lowest BCUT2D eigenvalue weighted by atomic mass is 9.77. The molecule has 0 radical (unpaired) electrons. The van der Waals surface area contributed by atoms with Crippen molar-refractivity contribution in [2.24, 2.45) is 17.8 Å². The van der Waals surface area contributed by atoms with Gasteiger partial charge in [-0.15, -0.1) is 0 Å². The summed E-state index contributed by atoms with van der Waals surface area (Å²) in [5, 5.41) is 10.9. The summed E-state index contributed by atoms with van der Waals surface area (Å²) < 4.78 is 6.72. The maximum atomic E-state index is 14.5. The van der Waals surface area contributed by atoms with Crippen molar-refractivity contribution in [3.63, 3.8) is 0 Å². The van der Waals surface area contributed by atoms with E-state index in [4.69, 9.17) is 16.3 Å². The van der Waals surface area contributed by atoms with E-state index in [-0.39, 0.29) is 36.8 Å². The Balaban J connectivity index is 1.45. The molecule has 0 aromatic heterocycles. The summed E-state index contributed by atoms with van der Waals surface area (Å²) in [6, 6.07) is 15.1. The highest BCUT2D eigenvalue weighted by Crippen LogP contribution is 2.54. The van der Waals surface area contributed by atoms with E-state index < -0.39 is 35.6 Å². The zero-order valence-corrected chi connectivity index (χ0v) is 23.9. The van der Waals surface area contributed by atoms with Crippen LogP contribution in [0.2, 0.25) is 5.02 Å². The number of anilines is 1. The van der Waals surface area contributed by atoms with Gasteiger partial charge in [-0.05, 0) is 23.6 Å². The van der Waals surface area contributed by atoms with Crippen LogP contribution in [0.25, 0.3) is 0 Å². The van der Waals surface area contributed by atoms with Crippen molar-refractivity contribution in [1.29, 1.82) is 0 Å². The third-order valence-corrected chi connectivity index (χ3v) is 9.17. The van der Waals surface area contributed by atoms with Gasteiger partial charge < -0.3 is 24.5 Å². The zero-order valence-electron chi connectivity index (χ0n) is 23.1. The van der Waals surface area contributed by atoms with Crippen LogP contribution < -0.4 is 4.90 Å². The number of rotatable bonds is 6. The van der Waals surface area contributed by atoms with Gasteiger partial charge in [0.15, 0.2) is 0 Å². The first-order chi connectivity index (χ1) is 19.8. The minimum atomic E-state index is -1.38. The number of amides is 3. The molecule has 3 amide bonds. The van der Waals surface area contributed by atoms with Gasteiger partial charge in [0.1, 0.15) is 11.6 Å². The largest absolute Gasteiger partial charge is 0.394 e. The number of likely N-dealkylation sites (tertiary alicyclic amines) is 1. The van der Waals surface area contributed by atoms with Gasteiger partial charge >= 0.3 is 0 Å². The van der Waals surface area contributed by atoms with Gasteiger partial charge in [-0.25, -0.2) is 0 Å². The standard InChI is InChI=1S/C32H34ClN3O5/c1-20(2)24(19-37)36-28-31(40)35(23-13-7-6-12-22(23)33)17-9-15-32(28)27(30(36)39)26-25(41-32)14-8-16-34(29(26)38)18-21-10-4-3-5-11-21/h3-15,20,24-28,37H,16-19H2,1-2H3/t24-,25+,26-,27-,28?,32-/m0/s1. The van der Waals surface area contributed by atoms with Gasteiger partial charge in [0.25, 0.3) is 5.91 Å². The Morgan fingerprint density at radius 1 is 0.976 bits per heavy atom. The maximum Gasteiger partial charge on any atom is 0.253 e. The van der Waals surface area contributed by atoms with E-state index in [1.807, 2.05) is 62.4 Å². The molecule has 0 bridgehead atoms. The molecule has 4 aliphatic rings. The number of ether oxygens (including phenoxy) is 1. The molecule has 1 spiro atoms. The van der Waals surface area contributed by atoms with E-state index in [0.29, 0.717) is 23.8 Å². The summed E-state index contributed by atoms with van der Waals surface area (Å²) in [5.74, 6) is -2.77. The van der Waals surface area contributed by atoms with Crippen LogP contribution in [0.3, 0.4) is 0 Å². The summed E-state index contributed by atoms with van der Waals surface area (Å²) >= 11 is 6.52. The van der Waals surface area contributed by atoms with E-state index in [1.54, 1.807) is 40.1 Å². The summed E-state index contributed by atoms with van der Waals surface area (Å²) in [4.78, 5) is 48.1. The molecule has 8 nitrogen and oxygen atoms in total. The predicted molar refractivity (Wildman–Crippen MR) is 155 cm³/mol. The molecule has 6 rings (SSSR count). The number of nitrogens with zero attached hydrogens (tertiary/aromatic N) is 3. The van der Waals surface area contributed by atoms with Crippen molar-refractivity contribution < 1.29 is 24.2 Å². The Morgan fingerprint density at radius 3 is 2.41 bits per heavy atom. The smallest absolute Gasteiger partial charge is 0.253 e. The Labute approximate surface area is 244 Å². The summed E-state index contributed by atoms with van der Waals surface area (Å²) in [6.45, 7) is 4.50. The molecule has 41 heavy (non-hydrogen) atoms. The first-order valence-electron chi connectivity index (χ1n) is 14.1. The van der Waals surface area contributed by atoms with Crippen LogP contribution in [-0.4, -0.2) is 76.1 Å². The summed E-state index contributed by atoms with van der Waals surface area (Å²) in [6.07, 6.45) is 6.73. The van der Waals surface area contributed by atoms with Crippen molar-refractivity contribution in [1.82, 2.24) is 9.80 Å². The SMILES string of the molecule is CC(C)[C@H](CO)N1C(=O)[C@@H]2[C@H]3C(=O)N(Cc4ccccc4)CC=C[C@H]3O[C@@]23C=CCN(c2ccccc2Cl)C(=O)C13. The number of carbonyl (C=O) groups is 3. The van der Waals surface area contributed by atoms with Gasteiger partial charge in [0.05, 0.1) is 41.3 Å². The minimum absolute atomic E-state index is 0.149. The molecule has 2 fully saturated rings. The monoisotopic (exact) mass is 575 g/mol. The zero-order chi connectivity index (χ0) is 28.9. The average molecular weight is 576 g/mol. The second-order valence-corrected chi connectivity index (χ2v) is 11.9. The number of halogens is 1. The van der Waals surface area contributed by atoms with Crippen LogP contribution in [0.15, 0.2) is 78.9 Å². The lowest BCUT2D eigenvalue weighted by Crippen LogP contribution is -2.59. The average Bonchev–Trinajstić information content (AvgIpc) is 3.28. The Morgan fingerprint density at radius 2 is 1.71 bits per heavy atom. The van der Waals surface area contributed by atoms with Crippen LogP contribution in [-0.2, 0) is 25.7 Å². The van der Waals surface area contributed by atoms with Gasteiger partial charge in [0, 0.05) is 19.6 Å². The molecule has 1 unspecified atom stereocenters. The van der Waals surface area contributed by atoms with Crippen molar-refractivity contribution >= 4 is 35.0 Å². The van der Waals surface area contributed by atoms with Gasteiger partial charge in [-0.1, -0.05) is 92.2 Å². The van der Waals surface area contributed by atoms with Crippen LogP contribution in [0.4, 0.5) is 5.69 Å². The van der Waals surface area contributed by atoms with Crippen LogP contribution >= 0.6 is 11.6 Å². The summed E-state index contributed by atoms with van der Waals surface area (Å²) in [5.41, 5.74) is 0.134. The molecule has 0 saturated carbocycles. The normalized spacial score (nSPS) is 29.9. The highest BCUT2D eigenvalue weighted by atomic mass is 35.5. The number of carbonyl (C=O) groups excluding carboxylic acids is 3. The van der Waals surface area contributed by atoms with E-state index in [9.17, 15) is 19.5 Å². The summed E-state index contributed by atoms with van der Waals surface area (Å²) in [7, 11) is 0. The molecule has 9 heteroatoms. The molecule has 214 valence electrons. The number of benzene rings is 2. The van der Waals surface area contributed by atoms with E-state index >= 15 is 0 Å². The van der Waals surface area contributed by atoms with Crippen LogP contribution in [0, 0.1) is 17.8 Å². The Hall–Kier alpha value is -3.46. The number of hydrogen-bond donors (Lipinski definition) is 1. The first kappa shape index (κ1) is 27.7. The fraction of sp³-hybridized carbons (Fsp3) is 0.406. The molecule has 6 atom stereocenters. The molecular formula is C32H34ClN3O5. The third-order valence-electron chi connectivity index (χ3n) is 8.85. The molecule has 2 aromatic carbocycles. The number of aliphatic hydroxyl groups excluding tert-OH is 1. The van der Waals surface area contributed by atoms with Gasteiger partial charge in [-0.2, -0.15) is 0 Å². The fourth-order valence-electron chi connectivity index (χ4n) is 6.94. The molecule has 1 N–H and O–H groups in total. The topological polar surface area (TPSA) is 90.4 Å². The van der Waals surface area contributed by atoms with Crippen LogP contribution in [0.1, 0.15) is 19.4 Å². The van der Waals surface area contributed by atoms with Gasteiger partial charge in [-0.3, -0.25) is 14.4 Å². The highest BCUT2D eigenvalue weighted by Gasteiger charge is 2.72. The van der Waals surface area contributed by atoms with Crippen molar-refractivity contribution in [3.8, 4) is 0 Å². The number of para-hydroxylation sites is 1. The third kappa shape index (κ3) is 4.40. The highest BCUT2D eigenvalue weighted by molar-refractivity contribution is 6.34. The fourth-order valence-corrected chi connectivity index (χ4v) is 7.18. The first-order valence-corrected chi connectivity index (χ1v) is 14.5. The Bertz CT molecular complexity index is 1410. The number of aliphatic hydroxyl groups is 1. The van der Waals surface area contributed by atoms with E-state index in [1.165, 1.54) is 4.90 Å². The quantitative estimate of drug-likeness (QED) is 0.533. The molecule has 4 aliphatic heterocycles. The van der Waals surface area contributed by atoms with Crippen molar-refractivity contribution in [2.75, 3.05) is 24.6 Å². The lowest BCUT2D eigenvalue weighted by molar-refractivity contribution is -0.148. The predicted octanol–water partition coefficient (Wildman–Crippen LogP) is 3.44. The van der Waals surface area contributed by atoms with E-state index in [0.717, 1.165) is 5.56 Å². The Kier molecular flexibility index (Phi) is 7.26.